The number of anilines is 2. The van der Waals surface area contributed by atoms with Crippen molar-refractivity contribution in [3.8, 4) is 11.4 Å². The van der Waals surface area contributed by atoms with Gasteiger partial charge >= 0.3 is 6.18 Å². The highest BCUT2D eigenvalue weighted by atomic mass is 19.4. The van der Waals surface area contributed by atoms with Crippen molar-refractivity contribution < 1.29 is 13.2 Å². The molecule has 3 heterocycles. The third kappa shape index (κ3) is 2.92. The Morgan fingerprint density at radius 2 is 1.91 bits per heavy atom. The zero-order chi connectivity index (χ0) is 15.7. The second-order valence-electron chi connectivity index (χ2n) is 5.05. The fraction of sp³-hybridized carbons (Fsp3) is 0.385. The van der Waals surface area contributed by atoms with Gasteiger partial charge in [-0.25, -0.2) is 19.9 Å². The van der Waals surface area contributed by atoms with Gasteiger partial charge in [0.15, 0.2) is 5.82 Å². The highest BCUT2D eigenvalue weighted by molar-refractivity contribution is 5.54. The molecule has 1 unspecified atom stereocenters. The standard InChI is InChI=1S/C13H13F3N6/c14-13(15,16)9-2-4-22(7-9)12-19-5-8(6-20-12)11-18-3-1-10(17)21-11/h1,3,5-6,9H,2,4,7H2,(H2,17,18,21). The number of nitrogen functional groups attached to an aromatic ring is 1. The maximum Gasteiger partial charge on any atom is 0.393 e. The molecule has 0 aromatic carbocycles. The largest absolute Gasteiger partial charge is 0.393 e. The van der Waals surface area contributed by atoms with Gasteiger partial charge in [0.25, 0.3) is 0 Å². The van der Waals surface area contributed by atoms with Gasteiger partial charge in [0, 0.05) is 31.7 Å². The summed E-state index contributed by atoms with van der Waals surface area (Å²) >= 11 is 0. The van der Waals surface area contributed by atoms with E-state index in [9.17, 15) is 13.2 Å². The van der Waals surface area contributed by atoms with Gasteiger partial charge in [-0.15, -0.1) is 0 Å². The Labute approximate surface area is 124 Å². The van der Waals surface area contributed by atoms with Gasteiger partial charge in [-0.1, -0.05) is 0 Å². The summed E-state index contributed by atoms with van der Waals surface area (Å²) in [6.45, 7) is 0.177. The van der Waals surface area contributed by atoms with E-state index in [-0.39, 0.29) is 25.5 Å². The number of hydrogen-bond donors (Lipinski definition) is 1. The van der Waals surface area contributed by atoms with Crippen LogP contribution in [0.15, 0.2) is 24.7 Å². The van der Waals surface area contributed by atoms with Crippen LogP contribution in [0.25, 0.3) is 11.4 Å². The van der Waals surface area contributed by atoms with Gasteiger partial charge in [-0.2, -0.15) is 13.2 Å². The lowest BCUT2D eigenvalue weighted by Crippen LogP contribution is -2.28. The molecule has 1 aliphatic rings. The van der Waals surface area contributed by atoms with Crippen molar-refractivity contribution in [2.24, 2.45) is 5.92 Å². The van der Waals surface area contributed by atoms with Crippen LogP contribution in [0.1, 0.15) is 6.42 Å². The quantitative estimate of drug-likeness (QED) is 0.912. The molecule has 2 aromatic rings. The molecule has 1 fully saturated rings. The van der Waals surface area contributed by atoms with E-state index in [0.29, 0.717) is 17.2 Å². The number of nitrogens with two attached hydrogens (primary N) is 1. The number of halogens is 3. The molecule has 1 atom stereocenters. The third-order valence-corrected chi connectivity index (χ3v) is 3.51. The van der Waals surface area contributed by atoms with Crippen LogP contribution in [0.4, 0.5) is 24.9 Å². The number of nitrogens with zero attached hydrogens (tertiary/aromatic N) is 5. The Bertz CT molecular complexity index is 658. The Morgan fingerprint density at radius 1 is 1.18 bits per heavy atom. The highest BCUT2D eigenvalue weighted by Crippen LogP contribution is 2.34. The molecule has 0 spiro atoms. The predicted molar refractivity (Wildman–Crippen MR) is 73.8 cm³/mol. The summed E-state index contributed by atoms with van der Waals surface area (Å²) < 4.78 is 38.0. The van der Waals surface area contributed by atoms with Crippen LogP contribution in [0.2, 0.25) is 0 Å². The van der Waals surface area contributed by atoms with E-state index in [0.717, 1.165) is 0 Å². The zero-order valence-corrected chi connectivity index (χ0v) is 11.5. The molecule has 3 rings (SSSR count). The molecule has 0 bridgehead atoms. The number of alkyl halides is 3. The molecule has 22 heavy (non-hydrogen) atoms. The van der Waals surface area contributed by atoms with Crippen molar-refractivity contribution in [3.05, 3.63) is 24.7 Å². The predicted octanol–water partition coefficient (Wildman–Crippen LogP) is 1.90. The number of rotatable bonds is 2. The van der Waals surface area contributed by atoms with Crippen molar-refractivity contribution in [3.63, 3.8) is 0 Å². The summed E-state index contributed by atoms with van der Waals surface area (Å²) in [6.07, 6.45) is 0.368. The van der Waals surface area contributed by atoms with E-state index >= 15 is 0 Å². The van der Waals surface area contributed by atoms with Crippen LogP contribution in [-0.2, 0) is 0 Å². The van der Waals surface area contributed by atoms with Crippen LogP contribution in [-0.4, -0.2) is 39.2 Å². The summed E-state index contributed by atoms with van der Waals surface area (Å²) in [5.74, 6) is -0.352. The lowest BCUT2D eigenvalue weighted by atomic mass is 10.1. The lowest BCUT2D eigenvalue weighted by molar-refractivity contribution is -0.168. The summed E-state index contributed by atoms with van der Waals surface area (Å²) in [7, 11) is 0. The van der Waals surface area contributed by atoms with E-state index in [1.807, 2.05) is 0 Å². The SMILES string of the molecule is Nc1ccnc(-c2cnc(N3CCC(C(F)(F)F)C3)nc2)n1. The zero-order valence-electron chi connectivity index (χ0n) is 11.5. The normalized spacial score (nSPS) is 18.7. The average Bonchev–Trinajstić information content (AvgIpc) is 2.97. The molecule has 2 aromatic heterocycles. The Kier molecular flexibility index (Phi) is 3.55. The van der Waals surface area contributed by atoms with Crippen molar-refractivity contribution >= 4 is 11.8 Å². The van der Waals surface area contributed by atoms with Gasteiger partial charge in [-0.3, -0.25) is 0 Å². The second-order valence-corrected chi connectivity index (χ2v) is 5.05. The van der Waals surface area contributed by atoms with Crippen LogP contribution in [0.3, 0.4) is 0 Å². The minimum Gasteiger partial charge on any atom is -0.384 e. The molecular formula is C13H13F3N6. The topological polar surface area (TPSA) is 80.8 Å². The van der Waals surface area contributed by atoms with Crippen molar-refractivity contribution in [1.29, 1.82) is 0 Å². The first-order valence-corrected chi connectivity index (χ1v) is 6.66. The van der Waals surface area contributed by atoms with Gasteiger partial charge in [0.1, 0.15) is 5.82 Å². The molecular weight excluding hydrogens is 297 g/mol. The summed E-state index contributed by atoms with van der Waals surface area (Å²) in [6, 6.07) is 1.56. The van der Waals surface area contributed by atoms with Gasteiger partial charge in [0.2, 0.25) is 5.95 Å². The molecule has 2 N–H and O–H groups in total. The van der Waals surface area contributed by atoms with E-state index < -0.39 is 12.1 Å². The molecule has 0 aliphatic carbocycles. The fourth-order valence-corrected chi connectivity index (χ4v) is 2.32. The van der Waals surface area contributed by atoms with E-state index in [1.165, 1.54) is 23.5 Å². The van der Waals surface area contributed by atoms with Crippen molar-refractivity contribution in [2.75, 3.05) is 23.7 Å². The molecule has 1 saturated heterocycles. The molecule has 0 radical (unpaired) electrons. The maximum atomic E-state index is 12.7. The minimum atomic E-state index is -4.18. The Balaban J connectivity index is 1.75. The minimum absolute atomic E-state index is 0.0624. The van der Waals surface area contributed by atoms with Crippen LogP contribution < -0.4 is 10.6 Å². The van der Waals surface area contributed by atoms with Crippen molar-refractivity contribution in [2.45, 2.75) is 12.6 Å². The molecule has 6 nitrogen and oxygen atoms in total. The molecule has 1 aliphatic heterocycles. The second kappa shape index (κ2) is 5.39. The van der Waals surface area contributed by atoms with Crippen LogP contribution in [0.5, 0.6) is 0 Å². The maximum absolute atomic E-state index is 12.7. The Hall–Kier alpha value is -2.45. The monoisotopic (exact) mass is 310 g/mol. The highest BCUT2D eigenvalue weighted by Gasteiger charge is 2.44. The molecule has 0 saturated carbocycles. The molecule has 0 amide bonds. The van der Waals surface area contributed by atoms with Crippen LogP contribution >= 0.6 is 0 Å². The smallest absolute Gasteiger partial charge is 0.384 e. The summed E-state index contributed by atoms with van der Waals surface area (Å²) in [4.78, 5) is 17.8. The fourth-order valence-electron chi connectivity index (χ4n) is 2.32. The van der Waals surface area contributed by atoms with Gasteiger partial charge in [-0.05, 0) is 12.5 Å². The molecule has 9 heteroatoms. The van der Waals surface area contributed by atoms with Gasteiger partial charge in [0.05, 0.1) is 11.5 Å². The average molecular weight is 310 g/mol. The first kappa shape index (κ1) is 14.5. The van der Waals surface area contributed by atoms with Gasteiger partial charge < -0.3 is 10.6 Å². The third-order valence-electron chi connectivity index (χ3n) is 3.51. The summed E-state index contributed by atoms with van der Waals surface area (Å²) in [5, 5.41) is 0. The summed E-state index contributed by atoms with van der Waals surface area (Å²) in [5.41, 5.74) is 6.13. The number of hydrogen-bond acceptors (Lipinski definition) is 6. The van der Waals surface area contributed by atoms with Crippen molar-refractivity contribution in [1.82, 2.24) is 19.9 Å². The first-order valence-electron chi connectivity index (χ1n) is 6.66. The van der Waals surface area contributed by atoms with E-state index in [2.05, 4.69) is 19.9 Å². The Morgan fingerprint density at radius 3 is 2.50 bits per heavy atom. The first-order chi connectivity index (χ1) is 10.4. The van der Waals surface area contributed by atoms with Crippen LogP contribution in [0, 0.1) is 5.92 Å². The molecule has 116 valence electrons. The van der Waals surface area contributed by atoms with E-state index in [1.54, 1.807) is 6.07 Å². The lowest BCUT2D eigenvalue weighted by Gasteiger charge is -2.17. The number of aromatic nitrogens is 4. The van der Waals surface area contributed by atoms with E-state index in [4.69, 9.17) is 5.73 Å².